The molecule has 18 heavy (non-hydrogen) atoms. The Morgan fingerprint density at radius 1 is 1.00 bits per heavy atom. The third-order valence-corrected chi connectivity index (χ3v) is 4.44. The molecule has 0 fully saturated rings. The van der Waals surface area contributed by atoms with Gasteiger partial charge >= 0.3 is 0 Å². The average Bonchev–Trinajstić information content (AvgIpc) is 2.87. The van der Waals surface area contributed by atoms with Gasteiger partial charge in [0.15, 0.2) is 0 Å². The molecule has 2 aromatic carbocycles. The Morgan fingerprint density at radius 3 is 2.56 bits per heavy atom. The van der Waals surface area contributed by atoms with E-state index in [1.54, 1.807) is 11.3 Å². The summed E-state index contributed by atoms with van der Waals surface area (Å²) in [4.78, 5) is 5.92. The Morgan fingerprint density at radius 2 is 1.78 bits per heavy atom. The van der Waals surface area contributed by atoms with Crippen molar-refractivity contribution in [2.75, 3.05) is 0 Å². The van der Waals surface area contributed by atoms with Gasteiger partial charge in [0.05, 0.1) is 0 Å². The fourth-order valence-corrected chi connectivity index (χ4v) is 3.05. The van der Waals surface area contributed by atoms with Crippen LogP contribution in [0.1, 0.15) is 24.6 Å². The number of nitrogens with zero attached hydrogens (tertiary/aromatic N) is 1. The lowest BCUT2D eigenvalue weighted by Gasteiger charge is -2.03. The minimum Gasteiger partial charge on any atom is -0.244 e. The smallest absolute Gasteiger partial charge is 0.124 e. The van der Waals surface area contributed by atoms with Crippen molar-refractivity contribution in [1.82, 2.24) is 4.98 Å². The van der Waals surface area contributed by atoms with Crippen molar-refractivity contribution in [2.24, 2.45) is 0 Å². The highest BCUT2D eigenvalue weighted by Gasteiger charge is 2.09. The number of thiazole rings is 1. The van der Waals surface area contributed by atoms with Gasteiger partial charge in [-0.1, -0.05) is 56.3 Å². The van der Waals surface area contributed by atoms with Gasteiger partial charge in [-0.15, -0.1) is 11.3 Å². The highest BCUT2D eigenvalue weighted by Crippen LogP contribution is 2.33. The summed E-state index contributed by atoms with van der Waals surface area (Å²) in [5.41, 5.74) is 1.24. The fraction of sp³-hybridized carbons (Fsp3) is 0.188. The van der Waals surface area contributed by atoms with Crippen LogP contribution in [0.15, 0.2) is 48.7 Å². The first kappa shape index (κ1) is 11.4. The van der Waals surface area contributed by atoms with E-state index < -0.39 is 0 Å². The number of hydrogen-bond donors (Lipinski definition) is 0. The van der Waals surface area contributed by atoms with E-state index in [2.05, 4.69) is 61.3 Å². The van der Waals surface area contributed by atoms with Crippen molar-refractivity contribution in [1.29, 1.82) is 0 Å². The Hall–Kier alpha value is -1.67. The van der Waals surface area contributed by atoms with Crippen molar-refractivity contribution in [3.05, 3.63) is 53.5 Å². The summed E-state index contributed by atoms with van der Waals surface area (Å²) in [6.45, 7) is 4.42. The van der Waals surface area contributed by atoms with Gasteiger partial charge in [0.2, 0.25) is 0 Å². The maximum Gasteiger partial charge on any atom is 0.124 e. The van der Waals surface area contributed by atoms with E-state index in [-0.39, 0.29) is 0 Å². The normalized spacial score (nSPS) is 11.3. The zero-order valence-corrected chi connectivity index (χ0v) is 11.4. The maximum absolute atomic E-state index is 4.58. The molecule has 0 bridgehead atoms. The topological polar surface area (TPSA) is 12.9 Å². The molecule has 3 aromatic rings. The fourth-order valence-electron chi connectivity index (χ4n) is 2.09. The molecule has 3 rings (SSSR count). The summed E-state index contributed by atoms with van der Waals surface area (Å²) in [5.74, 6) is 0.547. The van der Waals surface area contributed by atoms with Gasteiger partial charge in [-0.3, -0.25) is 0 Å². The summed E-state index contributed by atoms with van der Waals surface area (Å²) in [7, 11) is 0. The number of rotatable bonds is 2. The lowest BCUT2D eigenvalue weighted by Crippen LogP contribution is -1.79. The van der Waals surface area contributed by atoms with E-state index in [0.29, 0.717) is 5.92 Å². The Bertz CT molecular complexity index is 677. The zero-order valence-electron chi connectivity index (χ0n) is 10.6. The first-order valence-corrected chi connectivity index (χ1v) is 7.01. The monoisotopic (exact) mass is 253 g/mol. The van der Waals surface area contributed by atoms with Crippen LogP contribution in [0.2, 0.25) is 0 Å². The van der Waals surface area contributed by atoms with Gasteiger partial charge < -0.3 is 0 Å². The molecule has 0 spiro atoms. The van der Waals surface area contributed by atoms with Gasteiger partial charge in [0, 0.05) is 16.6 Å². The van der Waals surface area contributed by atoms with E-state index in [1.807, 2.05) is 6.20 Å². The van der Waals surface area contributed by atoms with Crippen molar-refractivity contribution >= 4 is 22.1 Å². The summed E-state index contributed by atoms with van der Waals surface area (Å²) in [5, 5.41) is 3.68. The highest BCUT2D eigenvalue weighted by molar-refractivity contribution is 7.15. The molecule has 1 aromatic heterocycles. The second-order valence-electron chi connectivity index (χ2n) is 4.75. The average molecular weight is 253 g/mol. The Balaban J connectivity index is 2.18. The van der Waals surface area contributed by atoms with Crippen LogP contribution < -0.4 is 0 Å². The van der Waals surface area contributed by atoms with Crippen LogP contribution in [0, 0.1) is 0 Å². The van der Waals surface area contributed by atoms with Gasteiger partial charge in [0.1, 0.15) is 5.01 Å². The maximum atomic E-state index is 4.58. The van der Waals surface area contributed by atoms with Crippen molar-refractivity contribution in [3.63, 3.8) is 0 Å². The zero-order chi connectivity index (χ0) is 12.5. The lowest BCUT2D eigenvalue weighted by molar-refractivity contribution is 0.885. The molecule has 0 radical (unpaired) electrons. The Labute approximate surface area is 111 Å². The summed E-state index contributed by atoms with van der Waals surface area (Å²) in [6.07, 6.45) is 2.01. The molecular weight excluding hydrogens is 238 g/mol. The van der Waals surface area contributed by atoms with Gasteiger partial charge in [-0.2, -0.15) is 0 Å². The summed E-state index contributed by atoms with van der Waals surface area (Å²) in [6, 6.07) is 14.9. The van der Waals surface area contributed by atoms with Gasteiger partial charge in [-0.05, 0) is 16.7 Å². The van der Waals surface area contributed by atoms with E-state index >= 15 is 0 Å². The van der Waals surface area contributed by atoms with Gasteiger partial charge in [-0.25, -0.2) is 4.98 Å². The molecule has 1 heterocycles. The molecule has 0 N–H and O–H groups in total. The molecular formula is C16H15NS. The first-order valence-electron chi connectivity index (χ1n) is 6.19. The summed E-state index contributed by atoms with van der Waals surface area (Å²) < 4.78 is 0. The van der Waals surface area contributed by atoms with Crippen LogP contribution in [0.25, 0.3) is 21.3 Å². The molecule has 0 saturated heterocycles. The number of fused-ring (bicyclic) bond motifs is 1. The molecule has 2 heteroatoms. The third-order valence-electron chi connectivity index (χ3n) is 3.11. The van der Waals surface area contributed by atoms with E-state index in [4.69, 9.17) is 0 Å². The second kappa shape index (κ2) is 4.54. The van der Waals surface area contributed by atoms with Crippen molar-refractivity contribution in [2.45, 2.75) is 19.8 Å². The third kappa shape index (κ3) is 1.93. The molecule has 1 nitrogen and oxygen atoms in total. The number of benzene rings is 2. The summed E-state index contributed by atoms with van der Waals surface area (Å²) >= 11 is 1.80. The van der Waals surface area contributed by atoms with E-state index in [1.165, 1.54) is 21.2 Å². The van der Waals surface area contributed by atoms with E-state index in [9.17, 15) is 0 Å². The Kier molecular flexibility index (Phi) is 2.88. The van der Waals surface area contributed by atoms with E-state index in [0.717, 1.165) is 5.01 Å². The molecule has 0 saturated carbocycles. The predicted octanol–water partition coefficient (Wildman–Crippen LogP) is 5.09. The molecule has 0 aliphatic rings. The largest absolute Gasteiger partial charge is 0.244 e. The number of aromatic nitrogens is 1. The number of hydrogen-bond acceptors (Lipinski definition) is 2. The van der Waals surface area contributed by atoms with Crippen LogP contribution in [0.5, 0.6) is 0 Å². The van der Waals surface area contributed by atoms with Crippen LogP contribution in [-0.4, -0.2) is 4.98 Å². The van der Waals surface area contributed by atoms with Crippen LogP contribution in [-0.2, 0) is 0 Å². The second-order valence-corrected chi connectivity index (χ2v) is 5.81. The minimum absolute atomic E-state index is 0.547. The van der Waals surface area contributed by atoms with Crippen LogP contribution >= 0.6 is 11.3 Å². The standard InChI is InChI=1S/C16H15NS/c1-11(2)15-10-17-16(18-15)14-9-5-7-12-6-3-4-8-13(12)14/h3-11H,1-2H3. The lowest BCUT2D eigenvalue weighted by atomic mass is 10.1. The van der Waals surface area contributed by atoms with Crippen molar-refractivity contribution in [3.8, 4) is 10.6 Å². The molecule has 0 amide bonds. The quantitative estimate of drug-likeness (QED) is 0.620. The highest BCUT2D eigenvalue weighted by atomic mass is 32.1. The molecule has 0 atom stereocenters. The van der Waals surface area contributed by atoms with Crippen molar-refractivity contribution < 1.29 is 0 Å². The minimum atomic E-state index is 0.547. The predicted molar refractivity (Wildman–Crippen MR) is 79.1 cm³/mol. The SMILES string of the molecule is CC(C)c1cnc(-c2cccc3ccccc23)s1. The van der Waals surface area contributed by atoms with Crippen LogP contribution in [0.3, 0.4) is 0 Å². The van der Waals surface area contributed by atoms with Crippen LogP contribution in [0.4, 0.5) is 0 Å². The van der Waals surface area contributed by atoms with Gasteiger partial charge in [0.25, 0.3) is 0 Å². The molecule has 0 aliphatic carbocycles. The molecule has 90 valence electrons. The molecule has 0 unspecified atom stereocenters. The first-order chi connectivity index (χ1) is 8.75. The molecule has 0 aliphatic heterocycles.